The van der Waals surface area contributed by atoms with Crippen LogP contribution in [0.3, 0.4) is 0 Å². The molecule has 5 nitrogen and oxygen atoms in total. The van der Waals surface area contributed by atoms with Crippen molar-refractivity contribution >= 4 is 17.7 Å². The molecule has 0 aromatic carbocycles. The minimum absolute atomic E-state index is 0.285. The number of esters is 1. The van der Waals surface area contributed by atoms with E-state index in [0.717, 1.165) is 0 Å². The number of carbonyl (C=O) groups is 2. The lowest BCUT2D eigenvalue weighted by atomic mass is 10.0. The monoisotopic (exact) mass is 184 g/mol. The number of nitrogens with one attached hydrogen (secondary N) is 1. The maximum absolute atomic E-state index is 11.3. The zero-order chi connectivity index (χ0) is 9.84. The topological polar surface area (TPSA) is 67.8 Å². The molecule has 0 saturated carbocycles. The fourth-order valence-electron chi connectivity index (χ4n) is 1.11. The van der Waals surface area contributed by atoms with Gasteiger partial charge in [-0.2, -0.15) is 0 Å². The second-order valence-electron chi connectivity index (χ2n) is 2.74. The average molecular weight is 184 g/mol. The quantitative estimate of drug-likeness (QED) is 0.629. The van der Waals surface area contributed by atoms with E-state index in [0.29, 0.717) is 12.3 Å². The van der Waals surface area contributed by atoms with Gasteiger partial charge in [0.1, 0.15) is 5.92 Å². The highest BCUT2D eigenvalue weighted by atomic mass is 16.5. The first kappa shape index (κ1) is 9.70. The zero-order valence-electron chi connectivity index (χ0n) is 7.66. The molecule has 1 unspecified atom stereocenters. The molecule has 0 fully saturated rings. The molecular weight excluding hydrogens is 172 g/mol. The van der Waals surface area contributed by atoms with E-state index in [4.69, 9.17) is 4.74 Å². The molecule has 1 heterocycles. The second-order valence-corrected chi connectivity index (χ2v) is 2.74. The summed E-state index contributed by atoms with van der Waals surface area (Å²) in [6.45, 7) is 4.02. The van der Waals surface area contributed by atoms with E-state index < -0.39 is 11.9 Å². The smallest absolute Gasteiger partial charge is 0.340 e. The summed E-state index contributed by atoms with van der Waals surface area (Å²) >= 11 is 0. The second kappa shape index (κ2) is 4.02. The Morgan fingerprint density at radius 1 is 1.77 bits per heavy atom. The predicted octanol–water partition coefficient (Wildman–Crippen LogP) is 0.350. The minimum atomic E-state index is -0.419. The molecule has 0 saturated heterocycles. The molecule has 0 aromatic heterocycles. The molecule has 5 heteroatoms. The number of amides is 2. The van der Waals surface area contributed by atoms with Crippen LogP contribution in [0, 0.1) is 5.92 Å². The number of nitrogens with zero attached hydrogens (tertiary/aromatic N) is 1. The molecule has 2 amide bonds. The van der Waals surface area contributed by atoms with E-state index >= 15 is 0 Å². The minimum Gasteiger partial charge on any atom is -0.465 e. The van der Waals surface area contributed by atoms with E-state index in [1.165, 1.54) is 0 Å². The Kier molecular flexibility index (Phi) is 3.00. The highest BCUT2D eigenvalue weighted by Gasteiger charge is 2.27. The summed E-state index contributed by atoms with van der Waals surface area (Å²) < 4.78 is 4.82. The highest BCUT2D eigenvalue weighted by molar-refractivity contribution is 6.07. The molecule has 0 spiro atoms. The summed E-state index contributed by atoms with van der Waals surface area (Å²) in [6, 6.07) is -0.391. The number of urea groups is 1. The van der Waals surface area contributed by atoms with Crippen LogP contribution in [0.1, 0.15) is 13.8 Å². The van der Waals surface area contributed by atoms with Crippen molar-refractivity contribution in [1.29, 1.82) is 0 Å². The van der Waals surface area contributed by atoms with Crippen LogP contribution in [0.4, 0.5) is 4.79 Å². The summed E-state index contributed by atoms with van der Waals surface area (Å²) in [5.74, 6) is -0.749. The largest absolute Gasteiger partial charge is 0.465 e. The lowest BCUT2D eigenvalue weighted by molar-refractivity contribution is -0.145. The summed E-state index contributed by atoms with van der Waals surface area (Å²) in [6.07, 6.45) is 0. The molecule has 0 aliphatic carbocycles. The van der Waals surface area contributed by atoms with Crippen molar-refractivity contribution in [2.75, 3.05) is 13.2 Å². The normalized spacial score (nSPS) is 21.8. The summed E-state index contributed by atoms with van der Waals surface area (Å²) in [5.41, 5.74) is 0.516. The van der Waals surface area contributed by atoms with Crippen LogP contribution in [0.5, 0.6) is 0 Å². The molecule has 1 atom stereocenters. The summed E-state index contributed by atoms with van der Waals surface area (Å²) in [5, 5.41) is 2.47. The Morgan fingerprint density at radius 2 is 2.46 bits per heavy atom. The SMILES string of the molecule is CCOC(=O)C1CNC(=O)N=C1C. The molecular formula is C8H12N2O3. The Bertz CT molecular complexity index is 260. The maximum atomic E-state index is 11.3. The van der Waals surface area contributed by atoms with Gasteiger partial charge in [0.05, 0.1) is 6.61 Å². The van der Waals surface area contributed by atoms with E-state index in [-0.39, 0.29) is 12.5 Å². The third kappa shape index (κ3) is 2.27. The fourth-order valence-corrected chi connectivity index (χ4v) is 1.11. The van der Waals surface area contributed by atoms with Gasteiger partial charge in [-0.25, -0.2) is 9.79 Å². The van der Waals surface area contributed by atoms with Crippen molar-refractivity contribution in [3.63, 3.8) is 0 Å². The molecule has 72 valence electrons. The molecule has 0 radical (unpaired) electrons. The van der Waals surface area contributed by atoms with E-state index in [9.17, 15) is 9.59 Å². The van der Waals surface area contributed by atoms with Crippen LogP contribution >= 0.6 is 0 Å². The standard InChI is InChI=1S/C8H12N2O3/c1-3-13-7(11)6-4-9-8(12)10-5(6)2/h6H,3-4H2,1-2H3,(H,9,12). The molecule has 0 bridgehead atoms. The first-order valence-corrected chi connectivity index (χ1v) is 4.14. The lowest BCUT2D eigenvalue weighted by Gasteiger charge is -2.18. The van der Waals surface area contributed by atoms with Crippen molar-refractivity contribution in [1.82, 2.24) is 5.32 Å². The highest BCUT2D eigenvalue weighted by Crippen LogP contribution is 2.06. The maximum Gasteiger partial charge on any atom is 0.340 e. The van der Waals surface area contributed by atoms with Crippen molar-refractivity contribution in [2.24, 2.45) is 10.9 Å². The zero-order valence-corrected chi connectivity index (χ0v) is 7.66. The summed E-state index contributed by atoms with van der Waals surface area (Å²) in [7, 11) is 0. The van der Waals surface area contributed by atoms with E-state index in [2.05, 4.69) is 10.3 Å². The predicted molar refractivity (Wildman–Crippen MR) is 46.6 cm³/mol. The van der Waals surface area contributed by atoms with Gasteiger partial charge in [0, 0.05) is 12.3 Å². The molecule has 0 aromatic rings. The molecule has 1 N–H and O–H groups in total. The van der Waals surface area contributed by atoms with Crippen molar-refractivity contribution in [2.45, 2.75) is 13.8 Å². The van der Waals surface area contributed by atoms with Crippen molar-refractivity contribution in [3.05, 3.63) is 0 Å². The van der Waals surface area contributed by atoms with Crippen LogP contribution < -0.4 is 5.32 Å². The van der Waals surface area contributed by atoms with Gasteiger partial charge in [-0.3, -0.25) is 4.79 Å². The van der Waals surface area contributed by atoms with E-state index in [1.54, 1.807) is 13.8 Å². The van der Waals surface area contributed by atoms with Crippen LogP contribution in [0.25, 0.3) is 0 Å². The van der Waals surface area contributed by atoms with Gasteiger partial charge in [0.25, 0.3) is 0 Å². The Balaban J connectivity index is 2.66. The number of hydrogen-bond acceptors (Lipinski definition) is 3. The fraction of sp³-hybridized carbons (Fsp3) is 0.625. The third-order valence-corrected chi connectivity index (χ3v) is 1.81. The van der Waals surface area contributed by atoms with Crippen molar-refractivity contribution < 1.29 is 14.3 Å². The van der Waals surface area contributed by atoms with Gasteiger partial charge in [-0.15, -0.1) is 0 Å². The van der Waals surface area contributed by atoms with Gasteiger partial charge in [-0.1, -0.05) is 0 Å². The Hall–Kier alpha value is -1.39. The van der Waals surface area contributed by atoms with Gasteiger partial charge in [0.15, 0.2) is 0 Å². The number of hydrogen-bond donors (Lipinski definition) is 1. The first-order valence-electron chi connectivity index (χ1n) is 4.14. The molecule has 1 aliphatic heterocycles. The van der Waals surface area contributed by atoms with Crippen LogP contribution in [0.2, 0.25) is 0 Å². The number of aliphatic imine (C=N–C) groups is 1. The van der Waals surface area contributed by atoms with Gasteiger partial charge < -0.3 is 10.1 Å². The van der Waals surface area contributed by atoms with Gasteiger partial charge in [-0.05, 0) is 13.8 Å². The van der Waals surface area contributed by atoms with Crippen LogP contribution in [0.15, 0.2) is 4.99 Å². The average Bonchev–Trinajstić information content (AvgIpc) is 2.04. The lowest BCUT2D eigenvalue weighted by Crippen LogP contribution is -2.41. The molecule has 1 rings (SSSR count). The Labute approximate surface area is 76.2 Å². The molecule has 1 aliphatic rings. The van der Waals surface area contributed by atoms with Crippen LogP contribution in [-0.2, 0) is 9.53 Å². The number of ether oxygens (including phenoxy) is 1. The number of carbonyl (C=O) groups excluding carboxylic acids is 2. The van der Waals surface area contributed by atoms with E-state index in [1.807, 2.05) is 0 Å². The van der Waals surface area contributed by atoms with Crippen LogP contribution in [-0.4, -0.2) is 30.9 Å². The van der Waals surface area contributed by atoms with Gasteiger partial charge >= 0.3 is 12.0 Å². The third-order valence-electron chi connectivity index (χ3n) is 1.81. The van der Waals surface area contributed by atoms with Gasteiger partial charge in [0.2, 0.25) is 0 Å². The Morgan fingerprint density at radius 3 is 3.00 bits per heavy atom. The first-order chi connectivity index (χ1) is 6.15. The number of rotatable bonds is 2. The molecule has 13 heavy (non-hydrogen) atoms. The van der Waals surface area contributed by atoms with Crippen molar-refractivity contribution in [3.8, 4) is 0 Å². The summed E-state index contributed by atoms with van der Waals surface area (Å²) in [4.78, 5) is 25.6.